The maximum atomic E-state index is 11.0. The number of hydrogen-bond acceptors (Lipinski definition) is 10. The minimum absolute atomic E-state index is 0.333. The van der Waals surface area contributed by atoms with Crippen LogP contribution in [0.1, 0.15) is 82.4 Å². The van der Waals surface area contributed by atoms with Crippen LogP contribution in [0.15, 0.2) is 22.7 Å². The molecule has 2 fully saturated rings. The molecule has 5 rings (SSSR count). The molecular formula is C33H45N7O3. The molecule has 2 unspecified atom stereocenters. The van der Waals surface area contributed by atoms with Crippen molar-refractivity contribution in [2.24, 2.45) is 0 Å². The van der Waals surface area contributed by atoms with E-state index in [2.05, 4.69) is 35.0 Å². The number of nitriles is 1. The highest BCUT2D eigenvalue weighted by Crippen LogP contribution is 2.39. The zero-order chi connectivity index (χ0) is 30.6. The predicted molar refractivity (Wildman–Crippen MR) is 168 cm³/mol. The van der Waals surface area contributed by atoms with Crippen molar-refractivity contribution in [3.05, 3.63) is 34.9 Å². The van der Waals surface area contributed by atoms with Crippen molar-refractivity contribution in [3.8, 4) is 34.8 Å². The van der Waals surface area contributed by atoms with E-state index in [1.165, 1.54) is 0 Å². The van der Waals surface area contributed by atoms with E-state index in [9.17, 15) is 10.4 Å². The number of likely N-dealkylation sites (N-methyl/N-ethyl adjacent to an activating group) is 1. The number of hydrogen-bond donors (Lipinski definition) is 2. The molecule has 2 saturated heterocycles. The van der Waals surface area contributed by atoms with E-state index in [4.69, 9.17) is 25.0 Å². The van der Waals surface area contributed by atoms with Gasteiger partial charge in [0.1, 0.15) is 18.5 Å². The third-order valence-electron chi connectivity index (χ3n) is 8.86. The quantitative estimate of drug-likeness (QED) is 0.298. The molecule has 10 heteroatoms. The number of β-amino-alcohol motifs (C(OH)–C–C–N with tert-alkyl or cyclic N) is 1. The molecule has 230 valence electrons. The van der Waals surface area contributed by atoms with E-state index in [-0.39, 0.29) is 0 Å². The average molecular weight is 588 g/mol. The highest BCUT2D eigenvalue weighted by atomic mass is 16.5. The Morgan fingerprint density at radius 1 is 1.21 bits per heavy atom. The number of ether oxygens (including phenoxy) is 1. The molecule has 4 heterocycles. The molecule has 0 aliphatic carbocycles. The SMILES string of the molecule is CCCCc1c(-c2nc(OCC3CCCN3C)cc(N3CCCCC(C)(O)C3)n2)noc1-c1c(CC)ccc(N)c1C#N. The number of aryl methyl sites for hydroxylation is 1. The Hall–Kier alpha value is -3.68. The lowest BCUT2D eigenvalue weighted by Crippen LogP contribution is -2.39. The van der Waals surface area contributed by atoms with Crippen LogP contribution in [0.5, 0.6) is 5.88 Å². The molecule has 0 amide bonds. The van der Waals surface area contributed by atoms with Crippen LogP contribution in [0.25, 0.3) is 22.8 Å². The Labute approximate surface area is 254 Å². The minimum Gasteiger partial charge on any atom is -0.476 e. The zero-order valence-corrected chi connectivity index (χ0v) is 26.0. The molecule has 0 spiro atoms. The second-order valence-electron chi connectivity index (χ2n) is 12.3. The van der Waals surface area contributed by atoms with Crippen LogP contribution in [0.3, 0.4) is 0 Å². The summed E-state index contributed by atoms with van der Waals surface area (Å²) in [7, 11) is 2.13. The predicted octanol–water partition coefficient (Wildman–Crippen LogP) is 5.37. The van der Waals surface area contributed by atoms with Crippen molar-refractivity contribution >= 4 is 11.5 Å². The molecule has 2 aliphatic rings. The Bertz CT molecular complexity index is 1460. The van der Waals surface area contributed by atoms with Gasteiger partial charge in [-0.1, -0.05) is 31.5 Å². The van der Waals surface area contributed by atoms with Gasteiger partial charge in [0.15, 0.2) is 17.3 Å². The lowest BCUT2D eigenvalue weighted by Gasteiger charge is -2.29. The van der Waals surface area contributed by atoms with E-state index in [1.807, 2.05) is 26.0 Å². The standard InChI is InChI=1S/C33H45N7O3/c1-5-7-12-24-30(38-43-31(24)29-22(6-2)13-14-26(35)25(29)19-34)32-36-27(40-17-9-8-15-33(3,41)21-40)18-28(37-32)42-20-23-11-10-16-39(23)4/h13-14,18,23,41H,5-12,15-17,20-21,35H2,1-4H3. The Morgan fingerprint density at radius 2 is 2.05 bits per heavy atom. The first-order chi connectivity index (χ1) is 20.7. The van der Waals surface area contributed by atoms with Crippen molar-refractivity contribution in [1.29, 1.82) is 5.26 Å². The van der Waals surface area contributed by atoms with E-state index in [1.54, 1.807) is 6.07 Å². The molecule has 2 atom stereocenters. The van der Waals surface area contributed by atoms with Crippen LogP contribution < -0.4 is 15.4 Å². The number of benzene rings is 1. The number of aliphatic hydroxyl groups is 1. The van der Waals surface area contributed by atoms with Gasteiger partial charge in [-0.3, -0.25) is 0 Å². The van der Waals surface area contributed by atoms with E-state index in [0.717, 1.165) is 69.2 Å². The minimum atomic E-state index is -0.819. The smallest absolute Gasteiger partial charge is 0.219 e. The largest absolute Gasteiger partial charge is 0.476 e. The number of nitrogen functional groups attached to an aromatic ring is 1. The van der Waals surface area contributed by atoms with Gasteiger partial charge in [-0.05, 0) is 83.5 Å². The van der Waals surface area contributed by atoms with Gasteiger partial charge >= 0.3 is 0 Å². The Morgan fingerprint density at radius 3 is 2.77 bits per heavy atom. The first-order valence-electron chi connectivity index (χ1n) is 15.7. The van der Waals surface area contributed by atoms with Crippen LogP contribution in [0.4, 0.5) is 11.5 Å². The summed E-state index contributed by atoms with van der Waals surface area (Å²) in [4.78, 5) is 14.3. The van der Waals surface area contributed by atoms with Gasteiger partial charge in [0.2, 0.25) is 5.88 Å². The van der Waals surface area contributed by atoms with Gasteiger partial charge in [-0.2, -0.15) is 10.2 Å². The summed E-state index contributed by atoms with van der Waals surface area (Å²) in [5.41, 5.74) is 9.31. The summed E-state index contributed by atoms with van der Waals surface area (Å²) in [6.07, 6.45) is 8.17. The van der Waals surface area contributed by atoms with Crippen LogP contribution in [0, 0.1) is 11.3 Å². The number of unbranched alkanes of at least 4 members (excludes halogenated alkanes) is 1. The average Bonchev–Trinajstić information content (AvgIpc) is 3.56. The topological polar surface area (TPSA) is 138 Å². The Balaban J connectivity index is 1.62. The van der Waals surface area contributed by atoms with Crippen LogP contribution in [-0.4, -0.2) is 70.1 Å². The van der Waals surface area contributed by atoms with Crippen LogP contribution in [-0.2, 0) is 12.8 Å². The lowest BCUT2D eigenvalue weighted by molar-refractivity contribution is 0.0611. The molecule has 2 aliphatic heterocycles. The monoisotopic (exact) mass is 587 g/mol. The summed E-state index contributed by atoms with van der Waals surface area (Å²) in [5, 5.41) is 25.6. The first kappa shape index (κ1) is 30.8. The summed E-state index contributed by atoms with van der Waals surface area (Å²) in [5.74, 6) is 2.14. The van der Waals surface area contributed by atoms with Crippen LogP contribution in [0.2, 0.25) is 0 Å². The van der Waals surface area contributed by atoms with Crippen molar-refractivity contribution in [1.82, 2.24) is 20.0 Å². The number of nitrogens with zero attached hydrogens (tertiary/aromatic N) is 6. The van der Waals surface area contributed by atoms with Gasteiger partial charge in [0.05, 0.1) is 16.9 Å². The molecule has 0 bridgehead atoms. The number of anilines is 2. The first-order valence-corrected chi connectivity index (χ1v) is 15.7. The van der Waals surface area contributed by atoms with Gasteiger partial charge in [0.25, 0.3) is 0 Å². The second-order valence-corrected chi connectivity index (χ2v) is 12.3. The zero-order valence-electron chi connectivity index (χ0n) is 26.0. The number of nitrogens with two attached hydrogens (primary N) is 1. The molecule has 2 aromatic heterocycles. The van der Waals surface area contributed by atoms with Crippen molar-refractivity contribution in [3.63, 3.8) is 0 Å². The lowest BCUT2D eigenvalue weighted by atomic mass is 9.92. The molecular weight excluding hydrogens is 542 g/mol. The fraction of sp³-hybridized carbons (Fsp3) is 0.576. The summed E-state index contributed by atoms with van der Waals surface area (Å²) in [6, 6.07) is 8.23. The number of rotatable bonds is 10. The van der Waals surface area contributed by atoms with Gasteiger partial charge in [-0.15, -0.1) is 0 Å². The van der Waals surface area contributed by atoms with Crippen molar-refractivity contribution in [2.75, 3.05) is 43.9 Å². The fourth-order valence-corrected chi connectivity index (χ4v) is 6.30. The van der Waals surface area contributed by atoms with Gasteiger partial charge < -0.3 is 29.9 Å². The molecule has 3 aromatic rings. The third kappa shape index (κ3) is 6.78. The number of aromatic nitrogens is 3. The third-order valence-corrected chi connectivity index (χ3v) is 8.86. The van der Waals surface area contributed by atoms with Gasteiger partial charge in [-0.25, -0.2) is 4.98 Å². The molecule has 1 aromatic carbocycles. The number of likely N-dealkylation sites (tertiary alicyclic amines) is 1. The fourth-order valence-electron chi connectivity index (χ4n) is 6.30. The van der Waals surface area contributed by atoms with Crippen molar-refractivity contribution < 1.29 is 14.4 Å². The maximum absolute atomic E-state index is 11.0. The second kappa shape index (κ2) is 13.3. The Kier molecular flexibility index (Phi) is 9.52. The summed E-state index contributed by atoms with van der Waals surface area (Å²) in [6.45, 7) is 8.92. The van der Waals surface area contributed by atoms with Crippen LogP contribution >= 0.6 is 0 Å². The van der Waals surface area contributed by atoms with E-state index >= 15 is 0 Å². The normalized spacial score (nSPS) is 21.1. The van der Waals surface area contributed by atoms with Gasteiger partial charge in [0, 0.05) is 36.3 Å². The summed E-state index contributed by atoms with van der Waals surface area (Å²) < 4.78 is 12.4. The maximum Gasteiger partial charge on any atom is 0.219 e. The molecule has 0 saturated carbocycles. The van der Waals surface area contributed by atoms with E-state index in [0.29, 0.717) is 77.8 Å². The highest BCUT2D eigenvalue weighted by Gasteiger charge is 2.30. The molecule has 3 N–H and O–H groups in total. The molecule has 0 radical (unpaired) electrons. The molecule has 43 heavy (non-hydrogen) atoms. The highest BCUT2D eigenvalue weighted by molar-refractivity contribution is 5.81. The van der Waals surface area contributed by atoms with E-state index < -0.39 is 5.60 Å². The molecule has 10 nitrogen and oxygen atoms in total. The summed E-state index contributed by atoms with van der Waals surface area (Å²) >= 11 is 0. The van der Waals surface area contributed by atoms with Crippen molar-refractivity contribution in [2.45, 2.75) is 90.2 Å².